The van der Waals surface area contributed by atoms with Gasteiger partial charge in [-0.3, -0.25) is 4.90 Å². The summed E-state index contributed by atoms with van der Waals surface area (Å²) < 4.78 is 97.9. The van der Waals surface area contributed by atoms with Crippen molar-refractivity contribution < 1.29 is 35.5 Å². The quantitative estimate of drug-likeness (QED) is 0.373. The zero-order valence-electron chi connectivity index (χ0n) is 24.4. The van der Waals surface area contributed by atoms with Crippen LogP contribution in [0.5, 0.6) is 0 Å². The van der Waals surface area contributed by atoms with Crippen molar-refractivity contribution in [1.82, 2.24) is 28.7 Å². The Balaban J connectivity index is 1.39. The van der Waals surface area contributed by atoms with Crippen LogP contribution < -0.4 is 5.32 Å². The molecule has 0 radical (unpaired) electrons. The van der Waals surface area contributed by atoms with Crippen molar-refractivity contribution in [2.75, 3.05) is 37.8 Å². The summed E-state index contributed by atoms with van der Waals surface area (Å²) in [5.41, 5.74) is -1.84. The number of hydrogen-bond acceptors (Lipinski definition) is 8. The Morgan fingerprint density at radius 3 is 2.48 bits per heavy atom. The summed E-state index contributed by atoms with van der Waals surface area (Å²) >= 11 is 0. The SMILES string of the molecule is Cc1nc(-c2nc(N[C@H]3CCN(S(C)(=O)=O)C[C@H]3F)ncc2C(F)(F)F)cn1-c1ccc(CN2CCC(C)(O)CC2)cc1F. The highest BCUT2D eigenvalue weighted by atomic mass is 32.2. The van der Waals surface area contributed by atoms with E-state index in [0.717, 1.165) is 10.6 Å². The van der Waals surface area contributed by atoms with E-state index < -0.39 is 57.6 Å². The maximum Gasteiger partial charge on any atom is 0.420 e. The van der Waals surface area contributed by atoms with Crippen LogP contribution in [0.2, 0.25) is 0 Å². The van der Waals surface area contributed by atoms with Gasteiger partial charge in [-0.15, -0.1) is 0 Å². The lowest BCUT2D eigenvalue weighted by Gasteiger charge is -2.35. The fourth-order valence-electron chi connectivity index (χ4n) is 5.49. The average molecular weight is 644 g/mol. The van der Waals surface area contributed by atoms with Gasteiger partial charge < -0.3 is 15.0 Å². The van der Waals surface area contributed by atoms with Crippen molar-refractivity contribution in [2.45, 2.75) is 63.6 Å². The Hall–Kier alpha value is -3.21. The summed E-state index contributed by atoms with van der Waals surface area (Å²) in [6.07, 6.45) is -2.41. The number of alkyl halides is 4. The second kappa shape index (κ2) is 11.9. The lowest BCUT2D eigenvalue weighted by atomic mass is 9.93. The molecule has 0 unspecified atom stereocenters. The first-order valence-corrected chi connectivity index (χ1v) is 15.9. The molecule has 0 aliphatic carbocycles. The minimum atomic E-state index is -4.84. The van der Waals surface area contributed by atoms with Crippen molar-refractivity contribution >= 4 is 16.0 Å². The molecule has 2 aromatic heterocycles. The minimum Gasteiger partial charge on any atom is -0.390 e. The third-order valence-electron chi connectivity index (χ3n) is 8.12. The largest absolute Gasteiger partial charge is 0.420 e. The number of hydrogen-bond donors (Lipinski definition) is 2. The number of likely N-dealkylation sites (tertiary alicyclic amines) is 1. The molecule has 2 fully saturated rings. The Morgan fingerprint density at radius 1 is 1.16 bits per heavy atom. The van der Waals surface area contributed by atoms with E-state index in [0.29, 0.717) is 44.2 Å². The number of nitrogens with one attached hydrogen (secondary N) is 1. The van der Waals surface area contributed by atoms with E-state index in [9.17, 15) is 31.1 Å². The number of anilines is 1. The van der Waals surface area contributed by atoms with Crippen LogP contribution in [0.3, 0.4) is 0 Å². The molecule has 1 aromatic carbocycles. The van der Waals surface area contributed by atoms with Crippen LogP contribution in [0.15, 0.2) is 30.6 Å². The number of aliphatic hydroxyl groups is 1. The number of sulfonamides is 1. The van der Waals surface area contributed by atoms with Gasteiger partial charge in [-0.1, -0.05) is 6.07 Å². The topological polar surface area (TPSA) is 116 Å². The van der Waals surface area contributed by atoms with Crippen LogP contribution >= 0.6 is 0 Å². The summed E-state index contributed by atoms with van der Waals surface area (Å²) in [6.45, 7) is 4.76. The van der Waals surface area contributed by atoms with E-state index in [1.54, 1.807) is 13.0 Å². The van der Waals surface area contributed by atoms with Gasteiger partial charge in [0.15, 0.2) is 0 Å². The molecule has 0 spiro atoms. The molecule has 2 aliphatic rings. The molecule has 3 aromatic rings. The Labute approximate surface area is 252 Å². The van der Waals surface area contributed by atoms with E-state index in [1.807, 2.05) is 0 Å². The van der Waals surface area contributed by atoms with E-state index >= 15 is 4.39 Å². The molecule has 10 nitrogen and oxygen atoms in total. The van der Waals surface area contributed by atoms with E-state index in [2.05, 4.69) is 25.2 Å². The van der Waals surface area contributed by atoms with Crippen molar-refractivity contribution in [1.29, 1.82) is 0 Å². The third-order valence-corrected chi connectivity index (χ3v) is 9.39. The summed E-state index contributed by atoms with van der Waals surface area (Å²) in [5.74, 6) is -0.660. The van der Waals surface area contributed by atoms with Crippen molar-refractivity contribution in [3.8, 4) is 17.1 Å². The number of aromatic nitrogens is 4. The van der Waals surface area contributed by atoms with Gasteiger partial charge in [-0.05, 0) is 50.8 Å². The van der Waals surface area contributed by atoms with E-state index in [1.165, 1.54) is 29.8 Å². The van der Waals surface area contributed by atoms with Crippen molar-refractivity contribution in [3.05, 3.63) is 53.4 Å². The van der Waals surface area contributed by atoms with Crippen LogP contribution in [-0.4, -0.2) is 92.5 Å². The van der Waals surface area contributed by atoms with Crippen LogP contribution in [-0.2, 0) is 22.7 Å². The summed E-state index contributed by atoms with van der Waals surface area (Å²) in [4.78, 5) is 14.1. The molecule has 2 saturated heterocycles. The van der Waals surface area contributed by atoms with Crippen LogP contribution in [0.25, 0.3) is 17.1 Å². The average Bonchev–Trinajstić information content (AvgIpc) is 3.31. The first-order valence-electron chi connectivity index (χ1n) is 14.1. The molecule has 4 heterocycles. The number of benzene rings is 1. The maximum absolute atomic E-state index is 15.3. The van der Waals surface area contributed by atoms with Crippen molar-refractivity contribution in [2.24, 2.45) is 0 Å². The Bertz CT molecular complexity index is 1620. The first kappa shape index (κ1) is 32.2. The lowest BCUT2D eigenvalue weighted by Crippen LogP contribution is -2.49. The number of halogens is 5. The second-order valence-corrected chi connectivity index (χ2v) is 13.7. The fraction of sp³-hybridized carbons (Fsp3) is 0.536. The number of imidazole rings is 1. The van der Waals surface area contributed by atoms with Gasteiger partial charge in [-0.25, -0.2) is 32.2 Å². The third kappa shape index (κ3) is 7.19. The zero-order valence-corrected chi connectivity index (χ0v) is 25.3. The fourth-order valence-corrected chi connectivity index (χ4v) is 6.34. The lowest BCUT2D eigenvalue weighted by molar-refractivity contribution is -0.137. The van der Waals surface area contributed by atoms with E-state index in [4.69, 9.17) is 0 Å². The van der Waals surface area contributed by atoms with Gasteiger partial charge >= 0.3 is 6.18 Å². The molecule has 2 N–H and O–H groups in total. The Morgan fingerprint density at radius 2 is 1.86 bits per heavy atom. The number of piperidine rings is 2. The summed E-state index contributed by atoms with van der Waals surface area (Å²) in [5, 5.41) is 12.9. The van der Waals surface area contributed by atoms with Gasteiger partial charge in [0, 0.05) is 45.1 Å². The molecule has 44 heavy (non-hydrogen) atoms. The summed E-state index contributed by atoms with van der Waals surface area (Å²) in [6, 6.07) is 3.71. The normalized spacial score (nSPS) is 21.8. The highest BCUT2D eigenvalue weighted by Gasteiger charge is 2.38. The zero-order chi connectivity index (χ0) is 32.0. The molecular weight excluding hydrogens is 609 g/mol. The van der Waals surface area contributed by atoms with Crippen LogP contribution in [0.1, 0.15) is 43.1 Å². The highest BCUT2D eigenvalue weighted by molar-refractivity contribution is 7.88. The molecular formula is C28H34F5N7O3S. The molecule has 0 saturated carbocycles. The van der Waals surface area contributed by atoms with Gasteiger partial charge in [-0.2, -0.15) is 17.5 Å². The molecule has 2 atom stereocenters. The summed E-state index contributed by atoms with van der Waals surface area (Å²) in [7, 11) is -3.60. The number of aryl methyl sites for hydroxylation is 1. The molecule has 0 amide bonds. The molecule has 2 aliphatic heterocycles. The molecule has 0 bridgehead atoms. The van der Waals surface area contributed by atoms with Gasteiger partial charge in [0.1, 0.15) is 34.8 Å². The van der Waals surface area contributed by atoms with Gasteiger partial charge in [0.25, 0.3) is 0 Å². The predicted octanol–water partition coefficient (Wildman–Crippen LogP) is 3.93. The Kier molecular flexibility index (Phi) is 8.74. The maximum atomic E-state index is 15.3. The molecule has 16 heteroatoms. The minimum absolute atomic E-state index is 0.0263. The smallest absolute Gasteiger partial charge is 0.390 e. The standard InChI is InChI=1S/C28H34F5N7O3S/c1-17-35-23(16-40(17)24-5-4-18(12-20(24)29)14-38-10-7-27(2,41)8-11-38)25-19(28(31,32)33)13-34-26(37-25)36-22-6-9-39(15-21(22)30)44(3,42)43/h4-5,12-13,16,21-22,41H,6-11,14-15H2,1-3H3,(H,34,36,37)/t21-,22+/m1/s1. The van der Waals surface area contributed by atoms with Crippen LogP contribution in [0, 0.1) is 12.7 Å². The number of rotatable bonds is 7. The monoisotopic (exact) mass is 643 g/mol. The molecule has 5 rings (SSSR count). The number of nitrogens with zero attached hydrogens (tertiary/aromatic N) is 6. The van der Waals surface area contributed by atoms with Crippen molar-refractivity contribution in [3.63, 3.8) is 0 Å². The second-order valence-electron chi connectivity index (χ2n) is 11.7. The van der Waals surface area contributed by atoms with Gasteiger partial charge in [0.2, 0.25) is 16.0 Å². The first-order chi connectivity index (χ1) is 20.5. The molecule has 240 valence electrons. The predicted molar refractivity (Wildman–Crippen MR) is 153 cm³/mol. The van der Waals surface area contributed by atoms with Gasteiger partial charge in [0.05, 0.1) is 23.6 Å². The highest BCUT2D eigenvalue weighted by Crippen LogP contribution is 2.36. The van der Waals surface area contributed by atoms with Crippen LogP contribution in [0.4, 0.5) is 27.9 Å². The van der Waals surface area contributed by atoms with E-state index in [-0.39, 0.29) is 36.1 Å².